The van der Waals surface area contributed by atoms with Crippen molar-refractivity contribution in [3.63, 3.8) is 0 Å². The van der Waals surface area contributed by atoms with Crippen LogP contribution in [0.1, 0.15) is 45.6 Å². The highest BCUT2D eigenvalue weighted by Gasteiger charge is 2.26. The number of thiazole rings is 1. The zero-order chi connectivity index (χ0) is 12.5. The van der Waals surface area contributed by atoms with Crippen molar-refractivity contribution in [3.8, 4) is 0 Å². The smallest absolute Gasteiger partial charge is 0.272 e. The van der Waals surface area contributed by atoms with Crippen molar-refractivity contribution in [1.29, 1.82) is 0 Å². The van der Waals surface area contributed by atoms with Crippen molar-refractivity contribution in [2.75, 3.05) is 0 Å². The second-order valence-corrected chi connectivity index (χ2v) is 5.59. The van der Waals surface area contributed by atoms with Gasteiger partial charge in [0.25, 0.3) is 5.91 Å². The highest BCUT2D eigenvalue weighted by atomic mass is 32.1. The molecule has 1 aliphatic carbocycles. The minimum Gasteiger partial charge on any atom is -0.345 e. The summed E-state index contributed by atoms with van der Waals surface area (Å²) in [4.78, 5) is 16.2. The summed E-state index contributed by atoms with van der Waals surface area (Å²) in [5.74, 6) is 0.434. The largest absolute Gasteiger partial charge is 0.345 e. The lowest BCUT2D eigenvalue weighted by molar-refractivity contribution is 0.0945. The zero-order valence-corrected chi connectivity index (χ0v) is 10.9. The number of rotatable bonds is 4. The zero-order valence-electron chi connectivity index (χ0n) is 10.1. The Labute approximate surface area is 109 Å². The van der Waals surface area contributed by atoms with Gasteiger partial charge >= 0.3 is 0 Å². The van der Waals surface area contributed by atoms with E-state index >= 15 is 0 Å². The standard InChI is InChI=1S/C12H14N4OS/c1-7-14-9(6-18-7)5-13-12(17)11-4-10(15-16-11)8-2-3-8/h4,6,8H,2-3,5H2,1H3,(H,13,17)(H,15,16). The van der Waals surface area contributed by atoms with Crippen LogP contribution in [0.25, 0.3) is 0 Å². The van der Waals surface area contributed by atoms with E-state index in [9.17, 15) is 4.79 Å². The van der Waals surface area contributed by atoms with E-state index in [1.165, 1.54) is 12.8 Å². The van der Waals surface area contributed by atoms with E-state index in [2.05, 4.69) is 20.5 Å². The first-order valence-corrected chi connectivity index (χ1v) is 6.85. The van der Waals surface area contributed by atoms with E-state index < -0.39 is 0 Å². The summed E-state index contributed by atoms with van der Waals surface area (Å²) in [5.41, 5.74) is 2.43. The molecule has 1 saturated carbocycles. The minimum atomic E-state index is -0.149. The molecule has 6 heteroatoms. The summed E-state index contributed by atoms with van der Waals surface area (Å²) in [7, 11) is 0. The van der Waals surface area contributed by atoms with Gasteiger partial charge in [-0.3, -0.25) is 9.89 Å². The van der Waals surface area contributed by atoms with Gasteiger partial charge in [0.05, 0.1) is 17.2 Å². The Morgan fingerprint density at radius 1 is 1.61 bits per heavy atom. The highest BCUT2D eigenvalue weighted by Crippen LogP contribution is 2.38. The third-order valence-corrected chi connectivity index (χ3v) is 3.77. The molecule has 18 heavy (non-hydrogen) atoms. The maximum atomic E-state index is 11.9. The average Bonchev–Trinajstić information content (AvgIpc) is 2.94. The van der Waals surface area contributed by atoms with Gasteiger partial charge in [-0.25, -0.2) is 4.98 Å². The molecule has 2 aromatic rings. The van der Waals surface area contributed by atoms with Crippen LogP contribution in [-0.4, -0.2) is 21.1 Å². The number of carbonyl (C=O) groups excluding carboxylic acids is 1. The van der Waals surface area contributed by atoms with E-state index in [1.54, 1.807) is 11.3 Å². The van der Waals surface area contributed by atoms with Gasteiger partial charge in [0.1, 0.15) is 5.69 Å². The summed E-state index contributed by atoms with van der Waals surface area (Å²) < 4.78 is 0. The van der Waals surface area contributed by atoms with Crippen molar-refractivity contribution in [2.45, 2.75) is 32.2 Å². The number of aromatic nitrogens is 3. The van der Waals surface area contributed by atoms with Crippen LogP contribution < -0.4 is 5.32 Å². The summed E-state index contributed by atoms with van der Waals surface area (Å²) in [6.07, 6.45) is 2.39. The van der Waals surface area contributed by atoms with E-state index in [0.29, 0.717) is 18.2 Å². The van der Waals surface area contributed by atoms with Crippen LogP contribution in [0.15, 0.2) is 11.4 Å². The number of nitrogens with one attached hydrogen (secondary N) is 2. The Kier molecular flexibility index (Phi) is 2.87. The van der Waals surface area contributed by atoms with E-state index in [-0.39, 0.29) is 5.91 Å². The van der Waals surface area contributed by atoms with Gasteiger partial charge in [-0.1, -0.05) is 0 Å². The van der Waals surface area contributed by atoms with Gasteiger partial charge in [-0.15, -0.1) is 11.3 Å². The second kappa shape index (κ2) is 4.53. The molecule has 0 bridgehead atoms. The Morgan fingerprint density at radius 2 is 2.44 bits per heavy atom. The molecule has 2 N–H and O–H groups in total. The van der Waals surface area contributed by atoms with E-state index in [1.807, 2.05) is 18.4 Å². The van der Waals surface area contributed by atoms with Gasteiger partial charge in [-0.2, -0.15) is 5.10 Å². The van der Waals surface area contributed by atoms with Crippen molar-refractivity contribution >= 4 is 17.2 Å². The molecule has 1 amide bonds. The van der Waals surface area contributed by atoms with Crippen molar-refractivity contribution in [1.82, 2.24) is 20.5 Å². The van der Waals surface area contributed by atoms with Gasteiger partial charge in [0, 0.05) is 17.0 Å². The number of hydrogen-bond donors (Lipinski definition) is 2. The lowest BCUT2D eigenvalue weighted by Gasteiger charge is -1.99. The first-order chi connectivity index (χ1) is 8.72. The van der Waals surface area contributed by atoms with Gasteiger partial charge in [0.15, 0.2) is 0 Å². The first kappa shape index (κ1) is 11.4. The molecule has 94 valence electrons. The molecule has 1 aliphatic rings. The number of nitrogens with zero attached hydrogens (tertiary/aromatic N) is 2. The predicted octanol–water partition coefficient (Wildman–Crippen LogP) is 1.98. The Morgan fingerprint density at radius 3 is 3.11 bits per heavy atom. The number of amides is 1. The molecule has 3 rings (SSSR count). The summed E-state index contributed by atoms with van der Waals surface area (Å²) in [5, 5.41) is 12.8. The highest BCUT2D eigenvalue weighted by molar-refractivity contribution is 7.09. The number of aromatic amines is 1. The monoisotopic (exact) mass is 262 g/mol. The number of aryl methyl sites for hydroxylation is 1. The van der Waals surface area contributed by atoms with E-state index in [0.717, 1.165) is 16.4 Å². The SMILES string of the molecule is Cc1nc(CNC(=O)c2cc(C3CC3)[nH]n2)cs1. The molecule has 2 aromatic heterocycles. The lowest BCUT2D eigenvalue weighted by atomic mass is 10.2. The van der Waals surface area contributed by atoms with Gasteiger partial charge in [-0.05, 0) is 25.8 Å². The fourth-order valence-electron chi connectivity index (χ4n) is 1.81. The Balaban J connectivity index is 1.59. The van der Waals surface area contributed by atoms with Crippen LogP contribution in [0.5, 0.6) is 0 Å². The molecule has 1 fully saturated rings. The van der Waals surface area contributed by atoms with E-state index in [4.69, 9.17) is 0 Å². The Hall–Kier alpha value is -1.69. The third-order valence-electron chi connectivity index (χ3n) is 2.94. The fraction of sp³-hybridized carbons (Fsp3) is 0.417. The van der Waals surface area contributed by atoms with Crippen molar-refractivity contribution in [2.24, 2.45) is 0 Å². The maximum absolute atomic E-state index is 11.9. The second-order valence-electron chi connectivity index (χ2n) is 4.52. The lowest BCUT2D eigenvalue weighted by Crippen LogP contribution is -2.23. The molecule has 0 spiro atoms. The minimum absolute atomic E-state index is 0.149. The quantitative estimate of drug-likeness (QED) is 0.885. The van der Waals surface area contributed by atoms with Crippen LogP contribution in [0, 0.1) is 6.92 Å². The number of hydrogen-bond acceptors (Lipinski definition) is 4. The Bertz CT molecular complexity index is 570. The molecule has 2 heterocycles. The average molecular weight is 262 g/mol. The number of carbonyl (C=O) groups is 1. The normalized spacial score (nSPS) is 14.7. The number of H-pyrrole nitrogens is 1. The van der Waals surface area contributed by atoms with Crippen LogP contribution in [0.2, 0.25) is 0 Å². The summed E-state index contributed by atoms with van der Waals surface area (Å²) in [6, 6.07) is 1.85. The molecule has 5 nitrogen and oxygen atoms in total. The molecule has 0 aromatic carbocycles. The van der Waals surface area contributed by atoms with Gasteiger partial charge < -0.3 is 5.32 Å². The maximum Gasteiger partial charge on any atom is 0.272 e. The van der Waals surface area contributed by atoms with Crippen molar-refractivity contribution in [3.05, 3.63) is 33.5 Å². The van der Waals surface area contributed by atoms with Crippen LogP contribution in [-0.2, 0) is 6.54 Å². The molecule has 0 radical (unpaired) electrons. The summed E-state index contributed by atoms with van der Waals surface area (Å²) in [6.45, 7) is 2.40. The molecule has 0 saturated heterocycles. The molecule has 0 atom stereocenters. The molecular weight excluding hydrogens is 248 g/mol. The van der Waals surface area contributed by atoms with Crippen LogP contribution in [0.4, 0.5) is 0 Å². The fourth-order valence-corrected chi connectivity index (χ4v) is 2.42. The molecule has 0 aliphatic heterocycles. The van der Waals surface area contributed by atoms with Crippen molar-refractivity contribution < 1.29 is 4.79 Å². The van der Waals surface area contributed by atoms with Crippen LogP contribution >= 0.6 is 11.3 Å². The van der Waals surface area contributed by atoms with Gasteiger partial charge in [0.2, 0.25) is 0 Å². The molecular formula is C12H14N4OS. The topological polar surface area (TPSA) is 70.7 Å². The van der Waals surface area contributed by atoms with Crippen LogP contribution in [0.3, 0.4) is 0 Å². The summed E-state index contributed by atoms with van der Waals surface area (Å²) >= 11 is 1.58. The first-order valence-electron chi connectivity index (χ1n) is 5.97. The molecule has 0 unspecified atom stereocenters. The predicted molar refractivity (Wildman–Crippen MR) is 68.6 cm³/mol. The third kappa shape index (κ3) is 2.43.